The van der Waals surface area contributed by atoms with E-state index in [-0.39, 0.29) is 0 Å². The van der Waals surface area contributed by atoms with E-state index in [0.29, 0.717) is 0 Å². The van der Waals surface area contributed by atoms with Gasteiger partial charge < -0.3 is 4.98 Å². The largest absolute Gasteiger partial charge is 0.416 e. The average molecular weight is 302 g/mol. The standard InChI is InChI=1S/C17H13F3N2/c1-11-10-21-16(22-11)14-4-2-12(3-5-14)13-6-8-15(9-7-13)17(18,19)20/h2-10H,1H3,(H,21,22). The lowest BCUT2D eigenvalue weighted by molar-refractivity contribution is -0.137. The number of rotatable bonds is 2. The van der Waals surface area contributed by atoms with Gasteiger partial charge in [0.15, 0.2) is 0 Å². The van der Waals surface area contributed by atoms with Crippen molar-refractivity contribution in [2.75, 3.05) is 0 Å². The molecular weight excluding hydrogens is 289 g/mol. The zero-order valence-electron chi connectivity index (χ0n) is 11.8. The van der Waals surface area contributed by atoms with Gasteiger partial charge in [0, 0.05) is 17.5 Å². The molecule has 1 aromatic heterocycles. The highest BCUT2D eigenvalue weighted by molar-refractivity contribution is 5.68. The first-order valence-corrected chi connectivity index (χ1v) is 6.73. The van der Waals surface area contributed by atoms with Crippen LogP contribution in [0.15, 0.2) is 54.7 Å². The molecule has 22 heavy (non-hydrogen) atoms. The molecule has 0 aliphatic heterocycles. The molecule has 2 nitrogen and oxygen atoms in total. The van der Waals surface area contributed by atoms with Gasteiger partial charge in [-0.05, 0) is 30.2 Å². The number of hydrogen-bond donors (Lipinski definition) is 1. The third-order valence-electron chi connectivity index (χ3n) is 3.41. The molecule has 0 amide bonds. The van der Waals surface area contributed by atoms with E-state index < -0.39 is 11.7 Å². The number of benzene rings is 2. The molecule has 112 valence electrons. The molecule has 0 saturated carbocycles. The van der Waals surface area contributed by atoms with Gasteiger partial charge in [-0.3, -0.25) is 0 Å². The van der Waals surface area contributed by atoms with Crippen LogP contribution >= 0.6 is 0 Å². The van der Waals surface area contributed by atoms with Crippen LogP contribution in [0.25, 0.3) is 22.5 Å². The lowest BCUT2D eigenvalue weighted by Crippen LogP contribution is -2.03. The Kier molecular flexibility index (Phi) is 3.48. The summed E-state index contributed by atoms with van der Waals surface area (Å²) in [6.45, 7) is 1.92. The summed E-state index contributed by atoms with van der Waals surface area (Å²) in [5.74, 6) is 0.775. The molecule has 0 bridgehead atoms. The zero-order chi connectivity index (χ0) is 15.7. The number of halogens is 3. The summed E-state index contributed by atoms with van der Waals surface area (Å²) in [5.41, 5.74) is 2.88. The van der Waals surface area contributed by atoms with Crippen molar-refractivity contribution in [3.63, 3.8) is 0 Å². The topological polar surface area (TPSA) is 28.7 Å². The van der Waals surface area contributed by atoms with Crippen molar-refractivity contribution < 1.29 is 13.2 Å². The fraction of sp³-hybridized carbons (Fsp3) is 0.118. The minimum absolute atomic E-state index is 0.640. The van der Waals surface area contributed by atoms with Crippen molar-refractivity contribution in [2.45, 2.75) is 13.1 Å². The summed E-state index contributed by atoms with van der Waals surface area (Å²) in [4.78, 5) is 7.39. The minimum atomic E-state index is -4.31. The van der Waals surface area contributed by atoms with E-state index in [4.69, 9.17) is 0 Å². The maximum absolute atomic E-state index is 12.6. The zero-order valence-corrected chi connectivity index (χ0v) is 11.8. The molecule has 0 unspecified atom stereocenters. The molecule has 0 radical (unpaired) electrons. The van der Waals surface area contributed by atoms with Gasteiger partial charge >= 0.3 is 6.18 Å². The van der Waals surface area contributed by atoms with E-state index in [9.17, 15) is 13.2 Å². The Bertz CT molecular complexity index is 769. The first-order valence-electron chi connectivity index (χ1n) is 6.73. The van der Waals surface area contributed by atoms with Gasteiger partial charge in [-0.15, -0.1) is 0 Å². The summed E-state index contributed by atoms with van der Waals surface area (Å²) in [6, 6.07) is 12.7. The number of nitrogens with zero attached hydrogens (tertiary/aromatic N) is 1. The normalized spacial score (nSPS) is 11.6. The second-order valence-corrected chi connectivity index (χ2v) is 5.07. The van der Waals surface area contributed by atoms with Gasteiger partial charge in [0.1, 0.15) is 5.82 Å². The molecule has 3 aromatic rings. The Labute approximate surface area is 125 Å². The summed E-state index contributed by atoms with van der Waals surface area (Å²) >= 11 is 0. The minimum Gasteiger partial charge on any atom is -0.342 e. The molecule has 0 fully saturated rings. The highest BCUT2D eigenvalue weighted by Crippen LogP contribution is 2.31. The van der Waals surface area contributed by atoms with Gasteiger partial charge in [0.05, 0.1) is 5.56 Å². The number of alkyl halides is 3. The number of aromatic nitrogens is 2. The van der Waals surface area contributed by atoms with Crippen LogP contribution in [0, 0.1) is 6.92 Å². The second kappa shape index (κ2) is 5.33. The molecule has 1 N–H and O–H groups in total. The van der Waals surface area contributed by atoms with Crippen LogP contribution in [0.1, 0.15) is 11.3 Å². The van der Waals surface area contributed by atoms with Gasteiger partial charge in [-0.25, -0.2) is 4.98 Å². The smallest absolute Gasteiger partial charge is 0.342 e. The van der Waals surface area contributed by atoms with Gasteiger partial charge in [-0.1, -0.05) is 36.4 Å². The highest BCUT2D eigenvalue weighted by atomic mass is 19.4. The van der Waals surface area contributed by atoms with E-state index >= 15 is 0 Å². The Morgan fingerprint density at radius 2 is 1.32 bits per heavy atom. The second-order valence-electron chi connectivity index (χ2n) is 5.07. The van der Waals surface area contributed by atoms with Crippen molar-refractivity contribution in [1.82, 2.24) is 9.97 Å². The van der Waals surface area contributed by atoms with Gasteiger partial charge in [-0.2, -0.15) is 13.2 Å². The monoisotopic (exact) mass is 302 g/mol. The molecule has 0 atom stereocenters. The molecular formula is C17H13F3N2. The fourth-order valence-corrected chi connectivity index (χ4v) is 2.23. The van der Waals surface area contributed by atoms with E-state index in [1.807, 2.05) is 31.2 Å². The van der Waals surface area contributed by atoms with Crippen molar-refractivity contribution in [1.29, 1.82) is 0 Å². The first-order chi connectivity index (χ1) is 10.4. The van der Waals surface area contributed by atoms with Crippen LogP contribution in [0.4, 0.5) is 13.2 Å². The summed E-state index contributed by atoms with van der Waals surface area (Å²) in [5, 5.41) is 0. The molecule has 0 aliphatic carbocycles. The number of aromatic amines is 1. The highest BCUT2D eigenvalue weighted by Gasteiger charge is 2.29. The van der Waals surface area contributed by atoms with Crippen LogP contribution in [0.3, 0.4) is 0 Å². The average Bonchev–Trinajstić information content (AvgIpc) is 2.93. The van der Waals surface area contributed by atoms with Crippen molar-refractivity contribution in [2.24, 2.45) is 0 Å². The van der Waals surface area contributed by atoms with E-state index in [1.54, 1.807) is 6.20 Å². The molecule has 0 spiro atoms. The molecule has 5 heteroatoms. The number of nitrogens with one attached hydrogen (secondary N) is 1. The molecule has 1 heterocycles. The number of imidazole rings is 1. The third-order valence-corrected chi connectivity index (χ3v) is 3.41. The van der Waals surface area contributed by atoms with Crippen LogP contribution < -0.4 is 0 Å². The van der Waals surface area contributed by atoms with Gasteiger partial charge in [0.2, 0.25) is 0 Å². The van der Waals surface area contributed by atoms with E-state index in [1.165, 1.54) is 12.1 Å². The van der Waals surface area contributed by atoms with Crippen LogP contribution in [0.2, 0.25) is 0 Å². The maximum Gasteiger partial charge on any atom is 0.416 e. The Morgan fingerprint density at radius 1 is 0.818 bits per heavy atom. The van der Waals surface area contributed by atoms with Crippen molar-refractivity contribution in [3.8, 4) is 22.5 Å². The number of aryl methyl sites for hydroxylation is 1. The van der Waals surface area contributed by atoms with Crippen LogP contribution in [-0.2, 0) is 6.18 Å². The van der Waals surface area contributed by atoms with Crippen LogP contribution in [-0.4, -0.2) is 9.97 Å². The Hall–Kier alpha value is -2.56. The lowest BCUT2D eigenvalue weighted by Gasteiger charge is -2.08. The Morgan fingerprint density at radius 3 is 1.77 bits per heavy atom. The SMILES string of the molecule is Cc1cnc(-c2ccc(-c3ccc(C(F)(F)F)cc3)cc2)[nH]1. The van der Waals surface area contributed by atoms with Gasteiger partial charge in [0.25, 0.3) is 0 Å². The lowest BCUT2D eigenvalue weighted by atomic mass is 10.0. The molecule has 3 rings (SSSR count). The fourth-order valence-electron chi connectivity index (χ4n) is 2.23. The maximum atomic E-state index is 12.6. The summed E-state index contributed by atoms with van der Waals surface area (Å²) < 4.78 is 37.7. The quantitative estimate of drug-likeness (QED) is 0.703. The summed E-state index contributed by atoms with van der Waals surface area (Å²) in [7, 11) is 0. The van der Waals surface area contributed by atoms with E-state index in [0.717, 1.165) is 40.3 Å². The van der Waals surface area contributed by atoms with Crippen molar-refractivity contribution in [3.05, 3.63) is 66.0 Å². The molecule has 0 saturated heterocycles. The number of hydrogen-bond acceptors (Lipinski definition) is 1. The van der Waals surface area contributed by atoms with Crippen LogP contribution in [0.5, 0.6) is 0 Å². The summed E-state index contributed by atoms with van der Waals surface area (Å²) in [6.07, 6.45) is -2.56. The number of H-pyrrole nitrogens is 1. The first kappa shape index (κ1) is 14.4. The third kappa shape index (κ3) is 2.88. The molecule has 2 aromatic carbocycles. The Balaban J connectivity index is 1.87. The predicted molar refractivity (Wildman–Crippen MR) is 79.2 cm³/mol. The van der Waals surface area contributed by atoms with Crippen molar-refractivity contribution >= 4 is 0 Å². The molecule has 0 aliphatic rings. The van der Waals surface area contributed by atoms with E-state index in [2.05, 4.69) is 9.97 Å². The predicted octanol–water partition coefficient (Wildman–Crippen LogP) is 5.07.